The molecular weight excluding hydrogens is 316 g/mol. The normalized spacial score (nSPS) is 16.2. The van der Waals surface area contributed by atoms with Gasteiger partial charge in [0.25, 0.3) is 11.8 Å². The Morgan fingerprint density at radius 1 is 1.00 bits per heavy atom. The van der Waals surface area contributed by atoms with Gasteiger partial charge in [-0.15, -0.1) is 0 Å². The first-order valence-electron chi connectivity index (χ1n) is 7.55. The fourth-order valence-electron chi connectivity index (χ4n) is 1.86. The minimum Gasteiger partial charge on any atom is -0.458 e. The third kappa shape index (κ3) is 6.02. The van der Waals surface area contributed by atoms with Crippen molar-refractivity contribution in [2.75, 3.05) is 6.54 Å². The number of hydrogen-bond donors (Lipinski definition) is 1. The molecule has 0 unspecified atom stereocenters. The second-order valence-corrected chi connectivity index (χ2v) is 7.31. The molecule has 3 amide bonds. The van der Waals surface area contributed by atoms with Gasteiger partial charge in [0.15, 0.2) is 6.04 Å². The van der Waals surface area contributed by atoms with Crippen molar-refractivity contribution in [1.82, 2.24) is 10.2 Å². The van der Waals surface area contributed by atoms with Crippen molar-refractivity contribution in [2.45, 2.75) is 58.8 Å². The number of alkyl carbamates (subject to hydrolysis) is 1. The van der Waals surface area contributed by atoms with E-state index in [9.17, 15) is 19.2 Å². The van der Waals surface area contributed by atoms with Crippen molar-refractivity contribution < 1.29 is 28.7 Å². The third-order valence-corrected chi connectivity index (χ3v) is 2.67. The van der Waals surface area contributed by atoms with Gasteiger partial charge in [-0.1, -0.05) is 0 Å². The van der Waals surface area contributed by atoms with Crippen LogP contribution in [0, 0.1) is 0 Å². The van der Waals surface area contributed by atoms with Crippen LogP contribution in [0.4, 0.5) is 4.79 Å². The lowest BCUT2D eigenvalue weighted by molar-refractivity contribution is -0.166. The molecule has 0 aromatic carbocycles. The van der Waals surface area contributed by atoms with E-state index < -0.39 is 41.1 Å². The molecule has 0 aliphatic carbocycles. The largest absolute Gasteiger partial charge is 0.458 e. The summed E-state index contributed by atoms with van der Waals surface area (Å²) in [4.78, 5) is 48.5. The second kappa shape index (κ2) is 7.02. The average Bonchev–Trinajstić information content (AvgIpc) is 2.66. The summed E-state index contributed by atoms with van der Waals surface area (Å²) in [5.74, 6) is -2.06. The minimum absolute atomic E-state index is 0.303. The number of imide groups is 1. The molecule has 0 spiro atoms. The molecule has 1 atom stereocenters. The molecule has 1 N–H and O–H groups in total. The van der Waals surface area contributed by atoms with E-state index in [1.807, 2.05) is 0 Å². The van der Waals surface area contributed by atoms with Gasteiger partial charge in [-0.05, 0) is 41.5 Å². The van der Waals surface area contributed by atoms with Gasteiger partial charge in [0.05, 0.1) is 6.54 Å². The molecule has 0 saturated heterocycles. The third-order valence-electron chi connectivity index (χ3n) is 2.67. The number of hydrogen-bond acceptors (Lipinski definition) is 6. The highest BCUT2D eigenvalue weighted by Gasteiger charge is 2.38. The first-order chi connectivity index (χ1) is 10.8. The topological polar surface area (TPSA) is 102 Å². The van der Waals surface area contributed by atoms with E-state index in [2.05, 4.69) is 5.32 Å². The lowest BCUT2D eigenvalue weighted by Crippen LogP contribution is -2.53. The Morgan fingerprint density at radius 3 is 1.88 bits per heavy atom. The Labute approximate surface area is 141 Å². The standard InChI is InChI=1S/C16H24N2O6/c1-15(2,3)23-13(21)10(18-11(19)7-8-12(18)20)9-17-14(22)24-16(4,5)6/h7-8,10H,9H2,1-6H3,(H,17,22)/t10-/m0/s1. The molecule has 1 rings (SSSR count). The monoisotopic (exact) mass is 340 g/mol. The summed E-state index contributed by atoms with van der Waals surface area (Å²) in [5, 5.41) is 2.39. The van der Waals surface area contributed by atoms with Crippen LogP contribution in [0.5, 0.6) is 0 Å². The van der Waals surface area contributed by atoms with Crippen molar-refractivity contribution in [3.05, 3.63) is 12.2 Å². The van der Waals surface area contributed by atoms with Crippen LogP contribution in [0.3, 0.4) is 0 Å². The number of ether oxygens (including phenoxy) is 2. The van der Waals surface area contributed by atoms with Crippen LogP contribution in [0.1, 0.15) is 41.5 Å². The predicted octanol–water partition coefficient (Wildman–Crippen LogP) is 1.15. The van der Waals surface area contributed by atoms with Gasteiger partial charge in [0.2, 0.25) is 0 Å². The number of amides is 3. The minimum atomic E-state index is -1.27. The smallest absolute Gasteiger partial charge is 0.407 e. The number of carbonyl (C=O) groups excluding carboxylic acids is 4. The number of rotatable bonds is 4. The van der Waals surface area contributed by atoms with Crippen LogP contribution in [0.2, 0.25) is 0 Å². The Kier molecular flexibility index (Phi) is 5.75. The summed E-state index contributed by atoms with van der Waals surface area (Å²) in [7, 11) is 0. The number of nitrogens with zero attached hydrogens (tertiary/aromatic N) is 1. The molecule has 1 heterocycles. The van der Waals surface area contributed by atoms with E-state index in [0.29, 0.717) is 0 Å². The van der Waals surface area contributed by atoms with Crippen molar-refractivity contribution >= 4 is 23.9 Å². The van der Waals surface area contributed by atoms with Gasteiger partial charge in [-0.3, -0.25) is 14.5 Å². The van der Waals surface area contributed by atoms with E-state index in [-0.39, 0.29) is 6.54 Å². The van der Waals surface area contributed by atoms with Crippen LogP contribution in [0.15, 0.2) is 12.2 Å². The highest BCUT2D eigenvalue weighted by atomic mass is 16.6. The van der Waals surface area contributed by atoms with Crippen molar-refractivity contribution in [3.8, 4) is 0 Å². The number of carbonyl (C=O) groups is 4. The molecule has 1 aliphatic heterocycles. The van der Waals surface area contributed by atoms with Crippen LogP contribution >= 0.6 is 0 Å². The molecule has 0 fully saturated rings. The zero-order valence-electron chi connectivity index (χ0n) is 14.8. The number of nitrogens with one attached hydrogen (secondary N) is 1. The van der Waals surface area contributed by atoms with Gasteiger partial charge in [0.1, 0.15) is 11.2 Å². The molecule has 8 nitrogen and oxygen atoms in total. The zero-order chi connectivity index (χ0) is 18.7. The number of esters is 1. The first-order valence-corrected chi connectivity index (χ1v) is 7.55. The molecule has 134 valence electrons. The fourth-order valence-corrected chi connectivity index (χ4v) is 1.86. The first kappa shape index (κ1) is 19.7. The molecule has 8 heteroatoms. The summed E-state index contributed by atoms with van der Waals surface area (Å²) >= 11 is 0. The van der Waals surface area contributed by atoms with Gasteiger partial charge in [-0.2, -0.15) is 0 Å². The summed E-state index contributed by atoms with van der Waals surface area (Å²) in [5.41, 5.74) is -1.52. The van der Waals surface area contributed by atoms with Gasteiger partial charge >= 0.3 is 12.1 Å². The highest BCUT2D eigenvalue weighted by molar-refractivity contribution is 6.14. The van der Waals surface area contributed by atoms with Gasteiger partial charge in [0, 0.05) is 12.2 Å². The predicted molar refractivity (Wildman–Crippen MR) is 84.9 cm³/mol. The maximum atomic E-state index is 12.3. The quantitative estimate of drug-likeness (QED) is 0.608. The SMILES string of the molecule is CC(C)(C)OC(=O)NC[C@@H](C(=O)OC(C)(C)C)N1C(=O)C=CC1=O. The lowest BCUT2D eigenvalue weighted by atomic mass is 10.1. The molecule has 0 saturated carbocycles. The summed E-state index contributed by atoms with van der Waals surface area (Å²) in [6.45, 7) is 9.75. The summed E-state index contributed by atoms with van der Waals surface area (Å²) < 4.78 is 10.3. The average molecular weight is 340 g/mol. The molecule has 0 radical (unpaired) electrons. The maximum Gasteiger partial charge on any atom is 0.407 e. The Balaban J connectivity index is 2.86. The van der Waals surface area contributed by atoms with Crippen LogP contribution in [0.25, 0.3) is 0 Å². The molecule has 0 aromatic heterocycles. The highest BCUT2D eigenvalue weighted by Crippen LogP contribution is 2.15. The van der Waals surface area contributed by atoms with Crippen molar-refractivity contribution in [3.63, 3.8) is 0 Å². The van der Waals surface area contributed by atoms with Crippen LogP contribution in [-0.4, -0.2) is 52.6 Å². The lowest BCUT2D eigenvalue weighted by Gasteiger charge is -2.29. The van der Waals surface area contributed by atoms with Crippen molar-refractivity contribution in [1.29, 1.82) is 0 Å². The molecule has 0 bridgehead atoms. The molecule has 24 heavy (non-hydrogen) atoms. The molecular formula is C16H24N2O6. The molecule has 0 aromatic rings. The van der Waals surface area contributed by atoms with Gasteiger partial charge in [-0.25, -0.2) is 9.59 Å². The van der Waals surface area contributed by atoms with Gasteiger partial charge < -0.3 is 14.8 Å². The van der Waals surface area contributed by atoms with Crippen molar-refractivity contribution in [2.24, 2.45) is 0 Å². The Hall–Kier alpha value is -2.38. The zero-order valence-corrected chi connectivity index (χ0v) is 14.8. The van der Waals surface area contributed by atoms with E-state index in [1.54, 1.807) is 41.5 Å². The second-order valence-electron chi connectivity index (χ2n) is 7.31. The summed E-state index contributed by atoms with van der Waals surface area (Å²) in [6.07, 6.45) is 1.36. The maximum absolute atomic E-state index is 12.3. The Bertz CT molecular complexity index is 550. The Morgan fingerprint density at radius 2 is 1.46 bits per heavy atom. The van der Waals surface area contributed by atoms with Crippen LogP contribution < -0.4 is 5.32 Å². The van der Waals surface area contributed by atoms with E-state index >= 15 is 0 Å². The molecule has 1 aliphatic rings. The van der Waals surface area contributed by atoms with E-state index in [4.69, 9.17) is 9.47 Å². The summed E-state index contributed by atoms with van der Waals surface area (Å²) in [6, 6.07) is -1.27. The van der Waals surface area contributed by atoms with E-state index in [0.717, 1.165) is 17.1 Å². The fraction of sp³-hybridized carbons (Fsp3) is 0.625. The van der Waals surface area contributed by atoms with E-state index in [1.165, 1.54) is 0 Å². The van der Waals surface area contributed by atoms with Crippen LogP contribution in [-0.2, 0) is 23.9 Å².